The predicted octanol–water partition coefficient (Wildman–Crippen LogP) is 4.09. The summed E-state index contributed by atoms with van der Waals surface area (Å²) in [5, 5.41) is 6.74. The summed E-state index contributed by atoms with van der Waals surface area (Å²) in [5.74, 6) is 0.108. The van der Waals surface area contributed by atoms with E-state index >= 15 is 0 Å². The van der Waals surface area contributed by atoms with Crippen molar-refractivity contribution in [1.82, 2.24) is 15.1 Å². The molecule has 156 valence electrons. The standard InChI is InChI=1S/C22H18FN5O3/c1-12-19(20(28-31-12)13-3-6-15(23)7-4-13)21(29)26-17-9-8-16(27-22(17)30-2)14-5-10-18(24)25-11-14/h3-11H,1-2H3,(H2,24,25)(H,26,29). The predicted molar refractivity (Wildman–Crippen MR) is 113 cm³/mol. The molecule has 0 saturated carbocycles. The van der Waals surface area contributed by atoms with Crippen LogP contribution in [-0.4, -0.2) is 28.1 Å². The number of nitrogens with one attached hydrogen (secondary N) is 1. The van der Waals surface area contributed by atoms with Gasteiger partial charge < -0.3 is 20.3 Å². The third-order valence-electron chi connectivity index (χ3n) is 4.59. The maximum Gasteiger partial charge on any atom is 0.261 e. The van der Waals surface area contributed by atoms with Crippen LogP contribution in [0.4, 0.5) is 15.9 Å². The zero-order chi connectivity index (χ0) is 22.0. The number of aromatic nitrogens is 3. The van der Waals surface area contributed by atoms with E-state index in [2.05, 4.69) is 20.4 Å². The van der Waals surface area contributed by atoms with Crippen LogP contribution in [0.5, 0.6) is 5.88 Å². The zero-order valence-corrected chi connectivity index (χ0v) is 16.7. The van der Waals surface area contributed by atoms with Crippen LogP contribution in [0, 0.1) is 12.7 Å². The molecule has 0 bridgehead atoms. The van der Waals surface area contributed by atoms with E-state index in [9.17, 15) is 9.18 Å². The van der Waals surface area contributed by atoms with Crippen LogP contribution < -0.4 is 15.8 Å². The zero-order valence-electron chi connectivity index (χ0n) is 16.7. The van der Waals surface area contributed by atoms with Gasteiger partial charge in [-0.1, -0.05) is 5.16 Å². The van der Waals surface area contributed by atoms with Gasteiger partial charge >= 0.3 is 0 Å². The molecule has 0 aliphatic heterocycles. The molecule has 3 heterocycles. The molecular weight excluding hydrogens is 401 g/mol. The molecule has 8 nitrogen and oxygen atoms in total. The molecular formula is C22H18FN5O3. The van der Waals surface area contributed by atoms with Gasteiger partial charge in [0, 0.05) is 17.3 Å². The fourth-order valence-corrected chi connectivity index (χ4v) is 3.04. The molecule has 3 aromatic heterocycles. The maximum atomic E-state index is 13.3. The number of anilines is 2. The van der Waals surface area contributed by atoms with Crippen molar-refractivity contribution in [2.24, 2.45) is 0 Å². The summed E-state index contributed by atoms with van der Waals surface area (Å²) in [6.07, 6.45) is 1.60. The highest BCUT2D eigenvalue weighted by Crippen LogP contribution is 2.30. The van der Waals surface area contributed by atoms with Gasteiger partial charge in [-0.3, -0.25) is 4.79 Å². The Balaban J connectivity index is 1.64. The Morgan fingerprint density at radius 1 is 1.10 bits per heavy atom. The molecule has 0 fully saturated rings. The number of pyridine rings is 2. The first kappa shape index (κ1) is 20.0. The lowest BCUT2D eigenvalue weighted by Crippen LogP contribution is -2.14. The molecule has 0 saturated heterocycles. The number of methoxy groups -OCH3 is 1. The number of carbonyl (C=O) groups is 1. The third-order valence-corrected chi connectivity index (χ3v) is 4.59. The fraction of sp³-hybridized carbons (Fsp3) is 0.0909. The summed E-state index contributed by atoms with van der Waals surface area (Å²) in [5.41, 5.74) is 8.45. The number of ether oxygens (including phenoxy) is 1. The molecule has 0 spiro atoms. The molecule has 0 aliphatic rings. The van der Waals surface area contributed by atoms with Crippen LogP contribution in [0.15, 0.2) is 59.3 Å². The maximum absolute atomic E-state index is 13.3. The minimum atomic E-state index is -0.458. The summed E-state index contributed by atoms with van der Waals surface area (Å²) in [6, 6.07) is 12.5. The Labute approximate surface area is 176 Å². The van der Waals surface area contributed by atoms with E-state index < -0.39 is 5.91 Å². The molecule has 0 unspecified atom stereocenters. The SMILES string of the molecule is COc1nc(-c2ccc(N)nc2)ccc1NC(=O)c1c(-c2ccc(F)cc2)noc1C. The van der Waals surface area contributed by atoms with Crippen molar-refractivity contribution in [2.75, 3.05) is 18.2 Å². The van der Waals surface area contributed by atoms with Crippen molar-refractivity contribution in [3.8, 4) is 28.4 Å². The number of aryl methyl sites for hydroxylation is 1. The second kappa shape index (κ2) is 8.23. The minimum absolute atomic E-state index is 0.222. The number of benzene rings is 1. The van der Waals surface area contributed by atoms with E-state index in [4.69, 9.17) is 15.0 Å². The summed E-state index contributed by atoms with van der Waals surface area (Å²) in [7, 11) is 1.46. The number of amides is 1. The third kappa shape index (κ3) is 4.06. The number of hydrogen-bond acceptors (Lipinski definition) is 7. The van der Waals surface area contributed by atoms with Crippen LogP contribution >= 0.6 is 0 Å². The molecule has 31 heavy (non-hydrogen) atoms. The highest BCUT2D eigenvalue weighted by Gasteiger charge is 2.23. The smallest absolute Gasteiger partial charge is 0.261 e. The average molecular weight is 419 g/mol. The van der Waals surface area contributed by atoms with Crippen molar-refractivity contribution in [3.05, 3.63) is 71.9 Å². The van der Waals surface area contributed by atoms with E-state index in [0.29, 0.717) is 34.2 Å². The van der Waals surface area contributed by atoms with Gasteiger partial charge in [-0.15, -0.1) is 0 Å². The second-order valence-electron chi connectivity index (χ2n) is 6.65. The van der Waals surface area contributed by atoms with Crippen LogP contribution in [0.3, 0.4) is 0 Å². The minimum Gasteiger partial charge on any atom is -0.479 e. The van der Waals surface area contributed by atoms with Gasteiger partial charge in [-0.25, -0.2) is 14.4 Å². The highest BCUT2D eigenvalue weighted by atomic mass is 19.1. The summed E-state index contributed by atoms with van der Waals surface area (Å²) in [4.78, 5) is 21.5. The van der Waals surface area contributed by atoms with Gasteiger partial charge in [-0.2, -0.15) is 0 Å². The van der Waals surface area contributed by atoms with Crippen molar-refractivity contribution in [1.29, 1.82) is 0 Å². The molecule has 9 heteroatoms. The van der Waals surface area contributed by atoms with E-state index in [-0.39, 0.29) is 17.3 Å². The van der Waals surface area contributed by atoms with Crippen molar-refractivity contribution in [2.45, 2.75) is 6.92 Å². The average Bonchev–Trinajstić information content (AvgIpc) is 3.16. The van der Waals surface area contributed by atoms with Gasteiger partial charge in [0.2, 0.25) is 5.88 Å². The molecule has 0 atom stereocenters. The van der Waals surface area contributed by atoms with Crippen molar-refractivity contribution >= 4 is 17.4 Å². The summed E-state index contributed by atoms with van der Waals surface area (Å²) in [6.45, 7) is 1.63. The Morgan fingerprint density at radius 3 is 2.52 bits per heavy atom. The quantitative estimate of drug-likeness (QED) is 0.500. The van der Waals surface area contributed by atoms with Crippen LogP contribution in [0.1, 0.15) is 16.1 Å². The van der Waals surface area contributed by atoms with Crippen LogP contribution in [0.2, 0.25) is 0 Å². The first-order valence-electron chi connectivity index (χ1n) is 9.26. The molecule has 4 aromatic rings. The lowest BCUT2D eigenvalue weighted by molar-refractivity contribution is 0.102. The van der Waals surface area contributed by atoms with Crippen LogP contribution in [-0.2, 0) is 0 Å². The van der Waals surface area contributed by atoms with E-state index in [1.54, 1.807) is 37.4 Å². The number of nitrogens with two attached hydrogens (primary N) is 1. The molecule has 1 aromatic carbocycles. The fourth-order valence-electron chi connectivity index (χ4n) is 3.04. The number of rotatable bonds is 5. The number of nitrogens with zero attached hydrogens (tertiary/aromatic N) is 3. The number of carbonyl (C=O) groups excluding carboxylic acids is 1. The Morgan fingerprint density at radius 2 is 1.84 bits per heavy atom. The number of nitrogen functional groups attached to an aromatic ring is 1. The molecule has 4 rings (SSSR count). The number of halogens is 1. The Hall–Kier alpha value is -4.27. The van der Waals surface area contributed by atoms with E-state index in [0.717, 1.165) is 5.56 Å². The first-order valence-corrected chi connectivity index (χ1v) is 9.26. The van der Waals surface area contributed by atoms with Gasteiger partial charge in [0.05, 0.1) is 12.8 Å². The van der Waals surface area contributed by atoms with Crippen molar-refractivity contribution in [3.63, 3.8) is 0 Å². The van der Waals surface area contributed by atoms with E-state index in [1.165, 1.54) is 31.4 Å². The normalized spacial score (nSPS) is 10.7. The monoisotopic (exact) mass is 419 g/mol. The second-order valence-corrected chi connectivity index (χ2v) is 6.65. The summed E-state index contributed by atoms with van der Waals surface area (Å²) < 4.78 is 23.8. The molecule has 0 radical (unpaired) electrons. The Kier molecular flexibility index (Phi) is 5.31. The summed E-state index contributed by atoms with van der Waals surface area (Å²) >= 11 is 0. The Bertz CT molecular complexity index is 1240. The van der Waals surface area contributed by atoms with Gasteiger partial charge in [0.25, 0.3) is 5.91 Å². The first-order chi connectivity index (χ1) is 15.0. The largest absolute Gasteiger partial charge is 0.479 e. The van der Waals surface area contributed by atoms with E-state index in [1.807, 2.05) is 0 Å². The van der Waals surface area contributed by atoms with Crippen molar-refractivity contribution < 1.29 is 18.4 Å². The molecule has 3 N–H and O–H groups in total. The molecule has 0 aliphatic carbocycles. The lowest BCUT2D eigenvalue weighted by Gasteiger charge is -2.11. The van der Waals surface area contributed by atoms with Crippen LogP contribution in [0.25, 0.3) is 22.5 Å². The topological polar surface area (TPSA) is 116 Å². The van der Waals surface area contributed by atoms with Gasteiger partial charge in [0.1, 0.15) is 34.3 Å². The number of hydrogen-bond donors (Lipinski definition) is 2. The lowest BCUT2D eigenvalue weighted by atomic mass is 10.1. The van der Waals surface area contributed by atoms with Gasteiger partial charge in [0.15, 0.2) is 0 Å². The van der Waals surface area contributed by atoms with Gasteiger partial charge in [-0.05, 0) is 55.5 Å². The molecule has 1 amide bonds. The highest BCUT2D eigenvalue weighted by molar-refractivity contribution is 6.09.